The highest BCUT2D eigenvalue weighted by Crippen LogP contribution is 2.29. The first kappa shape index (κ1) is 20.0. The lowest BCUT2D eigenvalue weighted by Crippen LogP contribution is -2.58. The highest BCUT2D eigenvalue weighted by atomic mass is 19.4. The van der Waals surface area contributed by atoms with E-state index in [1.807, 2.05) is 12.2 Å². The molecule has 0 saturated carbocycles. The number of amides is 1. The first-order chi connectivity index (χ1) is 11.2. The highest BCUT2D eigenvalue weighted by molar-refractivity contribution is 5.97. The van der Waals surface area contributed by atoms with Gasteiger partial charge in [0.25, 0.3) is 5.91 Å². The Labute approximate surface area is 137 Å². The minimum Gasteiger partial charge on any atom is -0.478 e. The van der Waals surface area contributed by atoms with Crippen LogP contribution in [0.2, 0.25) is 0 Å². The zero-order valence-corrected chi connectivity index (χ0v) is 13.2. The van der Waals surface area contributed by atoms with Gasteiger partial charge in [-0.15, -0.1) is 13.2 Å². The summed E-state index contributed by atoms with van der Waals surface area (Å²) in [5, 5.41) is 11.2. The van der Waals surface area contributed by atoms with Crippen LogP contribution in [0, 0.1) is 0 Å². The Morgan fingerprint density at radius 1 is 1.12 bits per heavy atom. The van der Waals surface area contributed by atoms with Gasteiger partial charge in [-0.05, 0) is 18.6 Å². The number of carboxylic acid groups (broad SMARTS) is 1. The number of ether oxygens (including phenoxy) is 1. The highest BCUT2D eigenvalue weighted by Gasteiger charge is 2.50. The molecule has 0 aliphatic rings. The summed E-state index contributed by atoms with van der Waals surface area (Å²) in [6, 6.07) is 7.39. The summed E-state index contributed by atoms with van der Waals surface area (Å²) >= 11 is 0. The molecule has 1 amide bonds. The summed E-state index contributed by atoms with van der Waals surface area (Å²) in [5.41, 5.74) is -2.80. The molecule has 0 spiro atoms. The molecule has 8 heteroatoms. The third kappa shape index (κ3) is 6.19. The van der Waals surface area contributed by atoms with E-state index in [1.165, 1.54) is 24.3 Å². The van der Waals surface area contributed by atoms with Gasteiger partial charge >= 0.3 is 12.3 Å². The van der Waals surface area contributed by atoms with Gasteiger partial charge < -0.3 is 10.4 Å². The largest absolute Gasteiger partial charge is 0.525 e. The number of hydrogen-bond acceptors (Lipinski definition) is 3. The van der Waals surface area contributed by atoms with E-state index < -0.39 is 30.4 Å². The predicted molar refractivity (Wildman–Crippen MR) is 80.2 cm³/mol. The fraction of sp³-hybridized carbons (Fsp3) is 0.500. The van der Waals surface area contributed by atoms with E-state index in [1.54, 1.807) is 6.07 Å². The van der Waals surface area contributed by atoms with Crippen LogP contribution in [0.3, 0.4) is 0 Å². The number of benzene rings is 1. The van der Waals surface area contributed by atoms with Crippen LogP contribution in [0.25, 0.3) is 0 Å². The number of carbonyl (C=O) groups excluding carboxylic acids is 1. The number of unbranched alkanes of at least 4 members (excludes halogenated alkanes) is 3. The van der Waals surface area contributed by atoms with E-state index >= 15 is 0 Å². The van der Waals surface area contributed by atoms with Gasteiger partial charge in [0, 0.05) is 12.0 Å². The minimum absolute atomic E-state index is 0.0439. The van der Waals surface area contributed by atoms with E-state index in [0.717, 1.165) is 12.8 Å². The summed E-state index contributed by atoms with van der Waals surface area (Å²) in [7, 11) is 0. The van der Waals surface area contributed by atoms with Crippen LogP contribution in [0.15, 0.2) is 30.3 Å². The number of carboxylic acids is 1. The summed E-state index contributed by atoms with van der Waals surface area (Å²) in [5.74, 6) is -2.83. The van der Waals surface area contributed by atoms with Crippen LogP contribution in [-0.4, -0.2) is 29.1 Å². The van der Waals surface area contributed by atoms with E-state index in [4.69, 9.17) is 0 Å². The SMILES string of the molecule is CCCCCCC(NC(=O)c1ccccc1)(OC(F)(F)F)C(=O)O. The zero-order valence-electron chi connectivity index (χ0n) is 13.2. The van der Waals surface area contributed by atoms with E-state index in [2.05, 4.69) is 4.74 Å². The lowest BCUT2D eigenvalue weighted by Gasteiger charge is -2.31. The molecule has 0 aliphatic heterocycles. The lowest BCUT2D eigenvalue weighted by molar-refractivity contribution is -0.366. The van der Waals surface area contributed by atoms with Gasteiger partial charge in [0.15, 0.2) is 0 Å². The average Bonchev–Trinajstić information content (AvgIpc) is 2.50. The molecule has 134 valence electrons. The molecule has 0 bridgehead atoms. The summed E-state index contributed by atoms with van der Waals surface area (Å²) < 4.78 is 41.9. The van der Waals surface area contributed by atoms with Crippen molar-refractivity contribution in [2.24, 2.45) is 0 Å². The Kier molecular flexibility index (Phi) is 7.21. The van der Waals surface area contributed by atoms with Gasteiger partial charge in [-0.25, -0.2) is 4.79 Å². The van der Waals surface area contributed by atoms with E-state index in [0.29, 0.717) is 6.42 Å². The zero-order chi connectivity index (χ0) is 18.2. The molecule has 2 N–H and O–H groups in total. The molecule has 0 saturated heterocycles. The van der Waals surface area contributed by atoms with Crippen molar-refractivity contribution < 1.29 is 32.6 Å². The molecule has 0 aromatic heterocycles. The quantitative estimate of drug-likeness (QED) is 0.527. The van der Waals surface area contributed by atoms with Crippen LogP contribution in [0.1, 0.15) is 49.4 Å². The van der Waals surface area contributed by atoms with Crippen LogP contribution < -0.4 is 5.32 Å². The van der Waals surface area contributed by atoms with Crippen molar-refractivity contribution in [3.8, 4) is 0 Å². The van der Waals surface area contributed by atoms with Gasteiger partial charge in [-0.2, -0.15) is 0 Å². The second kappa shape index (κ2) is 8.68. The summed E-state index contributed by atoms with van der Waals surface area (Å²) in [6.45, 7) is 1.91. The smallest absolute Gasteiger partial charge is 0.478 e. The normalized spacial score (nSPS) is 14.0. The first-order valence-corrected chi connectivity index (χ1v) is 7.58. The predicted octanol–water partition coefficient (Wildman–Crippen LogP) is 3.70. The molecule has 1 aromatic carbocycles. The van der Waals surface area contributed by atoms with Crippen molar-refractivity contribution in [3.05, 3.63) is 35.9 Å². The van der Waals surface area contributed by atoms with Crippen LogP contribution in [-0.2, 0) is 9.53 Å². The number of alkyl halides is 3. The Morgan fingerprint density at radius 2 is 1.75 bits per heavy atom. The maximum absolute atomic E-state index is 12.7. The molecule has 1 aromatic rings. The van der Waals surface area contributed by atoms with Crippen LogP contribution in [0.5, 0.6) is 0 Å². The number of carbonyl (C=O) groups is 2. The second-order valence-corrected chi connectivity index (χ2v) is 5.31. The topological polar surface area (TPSA) is 75.6 Å². The summed E-state index contributed by atoms with van der Waals surface area (Å²) in [6.07, 6.45) is -3.41. The Balaban J connectivity index is 3.00. The molecule has 1 rings (SSSR count). The van der Waals surface area contributed by atoms with Gasteiger partial charge in [0.2, 0.25) is 5.72 Å². The third-order valence-electron chi connectivity index (χ3n) is 3.37. The van der Waals surface area contributed by atoms with Crippen molar-refractivity contribution >= 4 is 11.9 Å². The number of aliphatic carboxylic acids is 1. The molecular formula is C16H20F3NO4. The molecule has 0 radical (unpaired) electrons. The van der Waals surface area contributed by atoms with Gasteiger partial charge in [0.1, 0.15) is 0 Å². The molecule has 0 fully saturated rings. The molecule has 0 aliphatic carbocycles. The van der Waals surface area contributed by atoms with Gasteiger partial charge in [-0.3, -0.25) is 9.53 Å². The van der Waals surface area contributed by atoms with Gasteiger partial charge in [-0.1, -0.05) is 44.4 Å². The minimum atomic E-state index is -5.20. The van der Waals surface area contributed by atoms with E-state index in [9.17, 15) is 27.9 Å². The maximum Gasteiger partial charge on any atom is 0.525 e. The monoisotopic (exact) mass is 347 g/mol. The molecule has 1 unspecified atom stereocenters. The number of rotatable bonds is 9. The van der Waals surface area contributed by atoms with Crippen molar-refractivity contribution in [2.75, 3.05) is 0 Å². The maximum atomic E-state index is 12.7. The van der Waals surface area contributed by atoms with Crippen molar-refractivity contribution in [3.63, 3.8) is 0 Å². The first-order valence-electron chi connectivity index (χ1n) is 7.58. The number of hydrogen-bond donors (Lipinski definition) is 2. The van der Waals surface area contributed by atoms with Gasteiger partial charge in [0.05, 0.1) is 0 Å². The second-order valence-electron chi connectivity index (χ2n) is 5.31. The lowest BCUT2D eigenvalue weighted by atomic mass is 10.0. The molecular weight excluding hydrogens is 327 g/mol. The standard InChI is InChI=1S/C16H20F3NO4/c1-2-3-4-8-11-15(14(22)23,24-16(17,18)19)20-13(21)12-9-6-5-7-10-12/h5-7,9-10H,2-4,8,11H2,1H3,(H,20,21)(H,22,23). The van der Waals surface area contributed by atoms with Crippen molar-refractivity contribution in [1.29, 1.82) is 0 Å². The van der Waals surface area contributed by atoms with Crippen molar-refractivity contribution in [1.82, 2.24) is 5.32 Å². The van der Waals surface area contributed by atoms with Crippen LogP contribution >= 0.6 is 0 Å². The van der Waals surface area contributed by atoms with E-state index in [-0.39, 0.29) is 12.0 Å². The summed E-state index contributed by atoms with van der Waals surface area (Å²) in [4.78, 5) is 23.6. The third-order valence-corrected chi connectivity index (χ3v) is 3.37. The Hall–Kier alpha value is -2.09. The fourth-order valence-electron chi connectivity index (χ4n) is 2.19. The number of nitrogens with one attached hydrogen (secondary N) is 1. The average molecular weight is 347 g/mol. The Morgan fingerprint density at radius 3 is 2.25 bits per heavy atom. The van der Waals surface area contributed by atoms with Crippen LogP contribution in [0.4, 0.5) is 13.2 Å². The Bertz CT molecular complexity index is 548. The van der Waals surface area contributed by atoms with Crippen molar-refractivity contribution in [2.45, 2.75) is 51.1 Å². The molecule has 1 atom stereocenters. The number of halogens is 3. The molecule has 0 heterocycles. The molecule has 5 nitrogen and oxygen atoms in total. The fourth-order valence-corrected chi connectivity index (χ4v) is 2.19. The molecule has 24 heavy (non-hydrogen) atoms.